The van der Waals surface area contributed by atoms with Crippen LogP contribution < -0.4 is 10.9 Å². The van der Waals surface area contributed by atoms with Gasteiger partial charge in [-0.25, -0.2) is 5.10 Å². The number of anilines is 1. The Labute approximate surface area is 82.2 Å². The molecule has 5 heteroatoms. The topological polar surface area (TPSA) is 78.0 Å². The minimum atomic E-state index is -0.526. The molecule has 1 atom stereocenters. The van der Waals surface area contributed by atoms with Gasteiger partial charge in [0.15, 0.2) is 0 Å². The van der Waals surface area contributed by atoms with Crippen LogP contribution in [0, 0.1) is 0 Å². The van der Waals surface area contributed by atoms with Gasteiger partial charge in [0.2, 0.25) is 0 Å². The molecule has 1 aromatic rings. The maximum Gasteiger partial charge on any atom is 0.266 e. The lowest BCUT2D eigenvalue weighted by atomic mass is 9.98. The number of aromatic amines is 1. The number of aliphatic hydroxyl groups is 1. The highest BCUT2D eigenvalue weighted by Crippen LogP contribution is 2.15. The molecule has 0 aliphatic heterocycles. The zero-order valence-corrected chi connectivity index (χ0v) is 8.53. The van der Waals surface area contributed by atoms with E-state index in [0.29, 0.717) is 5.69 Å². The van der Waals surface area contributed by atoms with Gasteiger partial charge in [0.05, 0.1) is 23.5 Å². The van der Waals surface area contributed by atoms with E-state index in [0.717, 1.165) is 0 Å². The molecular weight excluding hydrogens is 182 g/mol. The second-order valence-electron chi connectivity index (χ2n) is 3.86. The molecule has 0 aliphatic rings. The third-order valence-corrected chi connectivity index (χ3v) is 2.18. The minimum absolute atomic E-state index is 0.267. The number of aromatic nitrogens is 2. The van der Waals surface area contributed by atoms with Gasteiger partial charge in [-0.3, -0.25) is 4.79 Å². The van der Waals surface area contributed by atoms with Crippen LogP contribution in [0.3, 0.4) is 0 Å². The number of nitrogens with one attached hydrogen (secondary N) is 2. The van der Waals surface area contributed by atoms with Gasteiger partial charge in [0.25, 0.3) is 5.56 Å². The van der Waals surface area contributed by atoms with Gasteiger partial charge in [-0.15, -0.1) is 0 Å². The average Bonchev–Trinajstić information content (AvgIpc) is 2.02. The Morgan fingerprint density at radius 2 is 2.29 bits per heavy atom. The molecule has 0 amide bonds. The molecule has 14 heavy (non-hydrogen) atoms. The van der Waals surface area contributed by atoms with E-state index in [1.54, 1.807) is 6.92 Å². The van der Waals surface area contributed by atoms with Crippen molar-refractivity contribution in [2.45, 2.75) is 32.4 Å². The van der Waals surface area contributed by atoms with Crippen molar-refractivity contribution < 1.29 is 5.11 Å². The average molecular weight is 197 g/mol. The summed E-state index contributed by atoms with van der Waals surface area (Å²) in [6.45, 7) is 5.38. The molecule has 0 aromatic carbocycles. The number of hydrogen-bond acceptors (Lipinski definition) is 4. The zero-order valence-electron chi connectivity index (χ0n) is 8.53. The van der Waals surface area contributed by atoms with E-state index in [4.69, 9.17) is 0 Å². The first-order valence-electron chi connectivity index (χ1n) is 4.43. The highest BCUT2D eigenvalue weighted by atomic mass is 16.3. The van der Waals surface area contributed by atoms with Crippen LogP contribution in [0.2, 0.25) is 0 Å². The number of aliphatic hydroxyl groups excluding tert-OH is 1. The summed E-state index contributed by atoms with van der Waals surface area (Å²) >= 11 is 0. The van der Waals surface area contributed by atoms with Crippen LogP contribution in [0.1, 0.15) is 20.8 Å². The first kappa shape index (κ1) is 10.7. The maximum absolute atomic E-state index is 10.9. The fourth-order valence-electron chi connectivity index (χ4n) is 0.921. The highest BCUT2D eigenvalue weighted by Gasteiger charge is 2.23. The minimum Gasteiger partial charge on any atom is -0.391 e. The summed E-state index contributed by atoms with van der Waals surface area (Å²) in [5.74, 6) is 0. The van der Waals surface area contributed by atoms with Crippen molar-refractivity contribution in [3.63, 3.8) is 0 Å². The molecule has 0 saturated heterocycles. The van der Waals surface area contributed by atoms with E-state index in [1.807, 2.05) is 13.8 Å². The fraction of sp³-hybridized carbons (Fsp3) is 0.556. The van der Waals surface area contributed by atoms with Crippen molar-refractivity contribution in [2.24, 2.45) is 0 Å². The second-order valence-corrected chi connectivity index (χ2v) is 3.86. The van der Waals surface area contributed by atoms with Gasteiger partial charge < -0.3 is 10.4 Å². The van der Waals surface area contributed by atoms with Gasteiger partial charge in [0.1, 0.15) is 0 Å². The quantitative estimate of drug-likeness (QED) is 0.653. The lowest BCUT2D eigenvalue weighted by Gasteiger charge is -2.30. The maximum atomic E-state index is 10.9. The highest BCUT2D eigenvalue weighted by molar-refractivity contribution is 5.41. The Morgan fingerprint density at radius 3 is 2.79 bits per heavy atom. The molecule has 0 bridgehead atoms. The monoisotopic (exact) mass is 197 g/mol. The van der Waals surface area contributed by atoms with Crippen LogP contribution in [0.4, 0.5) is 5.69 Å². The summed E-state index contributed by atoms with van der Waals surface area (Å²) in [5, 5.41) is 18.4. The van der Waals surface area contributed by atoms with E-state index < -0.39 is 11.6 Å². The molecule has 0 saturated carbocycles. The zero-order chi connectivity index (χ0) is 10.8. The van der Waals surface area contributed by atoms with Crippen molar-refractivity contribution in [3.8, 4) is 0 Å². The van der Waals surface area contributed by atoms with Crippen molar-refractivity contribution in [2.75, 3.05) is 5.32 Å². The molecule has 3 N–H and O–H groups in total. The smallest absolute Gasteiger partial charge is 0.266 e. The van der Waals surface area contributed by atoms with Gasteiger partial charge in [-0.1, -0.05) is 0 Å². The Morgan fingerprint density at radius 1 is 1.64 bits per heavy atom. The summed E-state index contributed by atoms with van der Waals surface area (Å²) in [4.78, 5) is 10.9. The van der Waals surface area contributed by atoms with Crippen LogP contribution >= 0.6 is 0 Å². The predicted molar refractivity (Wildman–Crippen MR) is 54.2 cm³/mol. The van der Waals surface area contributed by atoms with Crippen LogP contribution in [0.15, 0.2) is 17.1 Å². The second kappa shape index (κ2) is 3.79. The fourth-order valence-corrected chi connectivity index (χ4v) is 0.921. The van der Waals surface area contributed by atoms with Crippen LogP contribution in [-0.2, 0) is 0 Å². The molecule has 0 aliphatic carbocycles. The van der Waals surface area contributed by atoms with Gasteiger partial charge in [0, 0.05) is 6.07 Å². The van der Waals surface area contributed by atoms with E-state index >= 15 is 0 Å². The summed E-state index contributed by atoms with van der Waals surface area (Å²) in [6, 6.07) is 1.40. The summed E-state index contributed by atoms with van der Waals surface area (Å²) in [6.07, 6.45) is 0.979. The Hall–Kier alpha value is -1.36. The molecule has 1 rings (SSSR count). The molecule has 0 radical (unpaired) electrons. The molecule has 5 nitrogen and oxygen atoms in total. The molecule has 0 fully saturated rings. The number of hydrogen-bond donors (Lipinski definition) is 3. The van der Waals surface area contributed by atoms with Crippen molar-refractivity contribution >= 4 is 5.69 Å². The molecule has 1 unspecified atom stereocenters. The Bertz CT molecular complexity index is 357. The lowest BCUT2D eigenvalue weighted by molar-refractivity contribution is 0.133. The summed E-state index contributed by atoms with van der Waals surface area (Å²) in [7, 11) is 0. The SMILES string of the molecule is CC(O)C(C)(C)Nc1cn[nH]c(=O)c1. The first-order chi connectivity index (χ1) is 6.42. The van der Waals surface area contributed by atoms with E-state index in [2.05, 4.69) is 15.5 Å². The molecular formula is C9H15N3O2. The molecule has 1 aromatic heterocycles. The number of H-pyrrole nitrogens is 1. The summed E-state index contributed by atoms with van der Waals surface area (Å²) < 4.78 is 0. The Kier molecular flexibility index (Phi) is 2.90. The standard InChI is InChI=1S/C9H15N3O2/c1-6(13)9(2,3)11-7-4-8(14)12-10-5-7/h4-6,13H,1-3H3,(H2,11,12,14). The van der Waals surface area contributed by atoms with Crippen molar-refractivity contribution in [3.05, 3.63) is 22.6 Å². The van der Waals surface area contributed by atoms with Crippen molar-refractivity contribution in [1.29, 1.82) is 0 Å². The van der Waals surface area contributed by atoms with E-state index in [9.17, 15) is 9.90 Å². The molecule has 1 heterocycles. The normalized spacial score (nSPS) is 13.7. The van der Waals surface area contributed by atoms with Gasteiger partial charge in [-0.05, 0) is 20.8 Å². The number of nitrogens with zero attached hydrogens (tertiary/aromatic N) is 1. The Balaban J connectivity index is 2.84. The lowest BCUT2D eigenvalue weighted by Crippen LogP contribution is -2.42. The van der Waals surface area contributed by atoms with Gasteiger partial charge >= 0.3 is 0 Å². The van der Waals surface area contributed by atoms with Crippen LogP contribution in [0.25, 0.3) is 0 Å². The van der Waals surface area contributed by atoms with E-state index in [-0.39, 0.29) is 5.56 Å². The third-order valence-electron chi connectivity index (χ3n) is 2.18. The van der Waals surface area contributed by atoms with Crippen molar-refractivity contribution in [1.82, 2.24) is 10.2 Å². The van der Waals surface area contributed by atoms with Crippen LogP contribution in [0.5, 0.6) is 0 Å². The molecule has 0 spiro atoms. The first-order valence-corrected chi connectivity index (χ1v) is 4.43. The summed E-state index contributed by atoms with van der Waals surface area (Å²) in [5.41, 5.74) is -0.161. The molecule has 78 valence electrons. The van der Waals surface area contributed by atoms with Gasteiger partial charge in [-0.2, -0.15) is 5.10 Å². The van der Waals surface area contributed by atoms with Crippen LogP contribution in [-0.4, -0.2) is 26.9 Å². The largest absolute Gasteiger partial charge is 0.391 e. The van der Waals surface area contributed by atoms with E-state index in [1.165, 1.54) is 12.3 Å². The number of rotatable bonds is 3. The predicted octanol–water partition coefficient (Wildman–Crippen LogP) is 0.341. The third kappa shape index (κ3) is 2.56.